The van der Waals surface area contributed by atoms with Crippen LogP contribution >= 0.6 is 0 Å². The third-order valence-electron chi connectivity index (χ3n) is 3.03. The minimum Gasteiger partial charge on any atom is -0.434 e. The van der Waals surface area contributed by atoms with Crippen molar-refractivity contribution in [3.63, 3.8) is 0 Å². The maximum atomic E-state index is 12.7. The van der Waals surface area contributed by atoms with E-state index in [0.717, 1.165) is 24.3 Å². The minimum absolute atomic E-state index is 0.200. The van der Waals surface area contributed by atoms with Crippen molar-refractivity contribution < 1.29 is 39.9 Å². The lowest BCUT2D eigenvalue weighted by atomic mass is 10.00. The highest BCUT2D eigenvalue weighted by Crippen LogP contribution is 2.39. The van der Waals surface area contributed by atoms with Gasteiger partial charge in [0, 0.05) is 5.56 Å². The van der Waals surface area contributed by atoms with Crippen LogP contribution in [0, 0.1) is 0 Å². The fraction of sp³-hybridized carbons (Fsp3) is 0.200. The standard InChI is InChI=1S/C15H8F8O/c16-13(17)24-12-7-10(15(21,22)23)4-5-11(12)8-2-1-3-9(6-8)14(18,19)20/h1-7,13H. The van der Waals surface area contributed by atoms with E-state index in [9.17, 15) is 35.1 Å². The molecule has 0 N–H and O–H groups in total. The second-order valence-electron chi connectivity index (χ2n) is 4.67. The molecule has 0 aromatic heterocycles. The first-order valence-corrected chi connectivity index (χ1v) is 6.32. The van der Waals surface area contributed by atoms with Gasteiger partial charge in [0.1, 0.15) is 5.75 Å². The van der Waals surface area contributed by atoms with Crippen molar-refractivity contribution in [2.24, 2.45) is 0 Å². The number of benzene rings is 2. The molecule has 1 nitrogen and oxygen atoms in total. The molecule has 0 heterocycles. The average Bonchev–Trinajstić information content (AvgIpc) is 2.45. The lowest BCUT2D eigenvalue weighted by Crippen LogP contribution is -2.09. The summed E-state index contributed by atoms with van der Waals surface area (Å²) in [6, 6.07) is 5.24. The number of hydrogen-bond donors (Lipinski definition) is 0. The van der Waals surface area contributed by atoms with Gasteiger partial charge in [-0.15, -0.1) is 0 Å². The minimum atomic E-state index is -4.81. The summed E-state index contributed by atoms with van der Waals surface area (Å²) in [7, 11) is 0. The van der Waals surface area contributed by atoms with Crippen LogP contribution in [0.5, 0.6) is 5.75 Å². The van der Waals surface area contributed by atoms with Gasteiger partial charge >= 0.3 is 19.0 Å². The van der Waals surface area contributed by atoms with Gasteiger partial charge in [-0.05, 0) is 29.8 Å². The topological polar surface area (TPSA) is 9.23 Å². The molecule has 0 aliphatic carbocycles. The molecule has 0 bridgehead atoms. The molecule has 0 aliphatic rings. The third-order valence-corrected chi connectivity index (χ3v) is 3.03. The monoisotopic (exact) mass is 356 g/mol. The average molecular weight is 356 g/mol. The summed E-state index contributed by atoms with van der Waals surface area (Å²) >= 11 is 0. The fourth-order valence-electron chi connectivity index (χ4n) is 1.99. The van der Waals surface area contributed by atoms with E-state index in [-0.39, 0.29) is 11.1 Å². The third kappa shape index (κ3) is 4.15. The SMILES string of the molecule is FC(F)Oc1cc(C(F)(F)F)ccc1-c1cccc(C(F)(F)F)c1. The Balaban J connectivity index is 2.57. The molecule has 9 heteroatoms. The van der Waals surface area contributed by atoms with Crippen LogP contribution in [-0.4, -0.2) is 6.61 Å². The van der Waals surface area contributed by atoms with Crippen molar-refractivity contribution in [1.82, 2.24) is 0 Å². The van der Waals surface area contributed by atoms with Crippen LogP contribution in [0.1, 0.15) is 11.1 Å². The van der Waals surface area contributed by atoms with E-state index in [1.54, 1.807) is 0 Å². The van der Waals surface area contributed by atoms with Gasteiger partial charge < -0.3 is 4.74 Å². The molecule has 2 aromatic rings. The maximum absolute atomic E-state index is 12.7. The molecule has 2 aromatic carbocycles. The van der Waals surface area contributed by atoms with Gasteiger partial charge in [0.15, 0.2) is 0 Å². The van der Waals surface area contributed by atoms with E-state index in [1.807, 2.05) is 0 Å². The number of alkyl halides is 8. The van der Waals surface area contributed by atoms with E-state index < -0.39 is 35.8 Å². The first-order chi connectivity index (χ1) is 11.0. The predicted octanol–water partition coefficient (Wildman–Crippen LogP) is 5.99. The first-order valence-electron chi connectivity index (χ1n) is 6.32. The molecule has 2 rings (SSSR count). The van der Waals surface area contributed by atoms with E-state index in [1.165, 1.54) is 0 Å². The molecule has 0 radical (unpaired) electrons. The van der Waals surface area contributed by atoms with Crippen LogP contribution in [0.2, 0.25) is 0 Å². The van der Waals surface area contributed by atoms with Gasteiger partial charge in [0.05, 0.1) is 11.1 Å². The summed E-state index contributed by atoms with van der Waals surface area (Å²) in [4.78, 5) is 0. The number of ether oxygens (including phenoxy) is 1. The second-order valence-corrected chi connectivity index (χ2v) is 4.67. The van der Waals surface area contributed by atoms with Crippen molar-refractivity contribution >= 4 is 0 Å². The zero-order valence-electron chi connectivity index (χ0n) is 11.6. The van der Waals surface area contributed by atoms with Crippen LogP contribution in [0.3, 0.4) is 0 Å². The highest BCUT2D eigenvalue weighted by Gasteiger charge is 2.33. The molecule has 0 unspecified atom stereocenters. The lowest BCUT2D eigenvalue weighted by molar-refractivity contribution is -0.138. The molecule has 130 valence electrons. The summed E-state index contributed by atoms with van der Waals surface area (Å²) in [6.07, 6.45) is -9.50. The molecule has 0 amide bonds. The Morgan fingerprint density at radius 1 is 0.750 bits per heavy atom. The highest BCUT2D eigenvalue weighted by atomic mass is 19.4. The molecular formula is C15H8F8O. The van der Waals surface area contributed by atoms with Crippen LogP contribution < -0.4 is 4.74 Å². The fourth-order valence-corrected chi connectivity index (χ4v) is 1.99. The quantitative estimate of drug-likeness (QED) is 0.614. The van der Waals surface area contributed by atoms with Crippen molar-refractivity contribution in [2.75, 3.05) is 0 Å². The molecule has 24 heavy (non-hydrogen) atoms. The molecule has 0 saturated carbocycles. The normalized spacial score (nSPS) is 12.5. The summed E-state index contributed by atoms with van der Waals surface area (Å²) in [5.74, 6) is -0.862. The Bertz CT molecular complexity index is 718. The summed E-state index contributed by atoms with van der Waals surface area (Å²) in [5.41, 5.74) is -2.83. The molecule has 0 atom stereocenters. The largest absolute Gasteiger partial charge is 0.434 e. The summed E-state index contributed by atoms with van der Waals surface area (Å²) in [5, 5.41) is 0. The van der Waals surface area contributed by atoms with Crippen LogP contribution in [0.15, 0.2) is 42.5 Å². The predicted molar refractivity (Wildman–Crippen MR) is 68.5 cm³/mol. The Kier molecular flexibility index (Phi) is 4.73. The molecule has 0 aliphatic heterocycles. The zero-order chi connectivity index (χ0) is 18.1. The second kappa shape index (κ2) is 6.29. The van der Waals surface area contributed by atoms with E-state index >= 15 is 0 Å². The van der Waals surface area contributed by atoms with Gasteiger partial charge in [-0.2, -0.15) is 35.1 Å². The molecule has 0 saturated heterocycles. The van der Waals surface area contributed by atoms with Gasteiger partial charge in [-0.1, -0.05) is 18.2 Å². The highest BCUT2D eigenvalue weighted by molar-refractivity contribution is 5.71. The van der Waals surface area contributed by atoms with Crippen LogP contribution in [0.4, 0.5) is 35.1 Å². The zero-order valence-corrected chi connectivity index (χ0v) is 11.6. The first kappa shape index (κ1) is 18.0. The van der Waals surface area contributed by atoms with E-state index in [0.29, 0.717) is 18.2 Å². The number of hydrogen-bond acceptors (Lipinski definition) is 1. The van der Waals surface area contributed by atoms with Crippen LogP contribution in [-0.2, 0) is 12.4 Å². The van der Waals surface area contributed by atoms with Gasteiger partial charge in [-0.3, -0.25) is 0 Å². The Morgan fingerprint density at radius 2 is 1.33 bits per heavy atom. The van der Waals surface area contributed by atoms with Gasteiger partial charge in [0.25, 0.3) is 0 Å². The van der Waals surface area contributed by atoms with E-state index in [2.05, 4.69) is 4.74 Å². The molecular weight excluding hydrogens is 348 g/mol. The summed E-state index contributed by atoms with van der Waals surface area (Å²) in [6.45, 7) is -3.43. The van der Waals surface area contributed by atoms with Crippen molar-refractivity contribution in [1.29, 1.82) is 0 Å². The Labute approximate surface area is 130 Å². The maximum Gasteiger partial charge on any atom is 0.416 e. The Morgan fingerprint density at radius 3 is 1.88 bits per heavy atom. The van der Waals surface area contributed by atoms with Crippen molar-refractivity contribution in [3.05, 3.63) is 53.6 Å². The van der Waals surface area contributed by atoms with E-state index in [4.69, 9.17) is 0 Å². The van der Waals surface area contributed by atoms with Crippen molar-refractivity contribution in [3.8, 4) is 16.9 Å². The number of rotatable bonds is 3. The number of halogens is 8. The smallest absolute Gasteiger partial charge is 0.416 e. The van der Waals surface area contributed by atoms with Crippen molar-refractivity contribution in [2.45, 2.75) is 19.0 Å². The Hall–Kier alpha value is -2.32. The lowest BCUT2D eigenvalue weighted by Gasteiger charge is -2.15. The summed E-state index contributed by atoms with van der Waals surface area (Å²) < 4.78 is 105. The van der Waals surface area contributed by atoms with Gasteiger partial charge in [0.2, 0.25) is 0 Å². The van der Waals surface area contributed by atoms with Gasteiger partial charge in [-0.25, -0.2) is 0 Å². The van der Waals surface area contributed by atoms with Crippen LogP contribution in [0.25, 0.3) is 11.1 Å². The molecule has 0 spiro atoms. The molecule has 0 fully saturated rings.